The van der Waals surface area contributed by atoms with E-state index >= 15 is 0 Å². The number of fused-ring (bicyclic) bond motifs is 2. The maximum absolute atomic E-state index is 13.7. The molecule has 0 atom stereocenters. The van der Waals surface area contributed by atoms with E-state index in [9.17, 15) is 22.8 Å². The number of alkyl halides is 3. The van der Waals surface area contributed by atoms with Gasteiger partial charge in [0.1, 0.15) is 22.8 Å². The van der Waals surface area contributed by atoms with Crippen LogP contribution in [-0.4, -0.2) is 37.2 Å². The zero-order chi connectivity index (χ0) is 25.6. The molecule has 7 nitrogen and oxygen atoms in total. The Labute approximate surface area is 204 Å². The van der Waals surface area contributed by atoms with Gasteiger partial charge in [0, 0.05) is 24.2 Å². The van der Waals surface area contributed by atoms with E-state index in [1.54, 1.807) is 0 Å². The van der Waals surface area contributed by atoms with Gasteiger partial charge in [0.15, 0.2) is 0 Å². The van der Waals surface area contributed by atoms with Crippen molar-refractivity contribution in [3.8, 4) is 11.5 Å². The van der Waals surface area contributed by atoms with Crippen molar-refractivity contribution in [1.82, 2.24) is 10.3 Å². The number of aromatic nitrogens is 1. The number of carbonyl (C=O) groups excluding carboxylic acids is 1. The molecule has 0 radical (unpaired) electrons. The SMILES string of the molecule is Cc1ccc2c(c1)Oc1cc(C)ccc1C2NC(=O)c1cc(N2CCOCC2)c(C(F)(F)F)[nH]c1=O. The topological polar surface area (TPSA) is 83.7 Å². The van der Waals surface area contributed by atoms with Crippen molar-refractivity contribution in [2.45, 2.75) is 26.1 Å². The summed E-state index contributed by atoms with van der Waals surface area (Å²) in [7, 11) is 0. The van der Waals surface area contributed by atoms with E-state index < -0.39 is 34.9 Å². The molecule has 1 amide bonds. The smallest absolute Gasteiger partial charge is 0.433 e. The Hall–Kier alpha value is -3.79. The molecular weight excluding hydrogens is 475 g/mol. The molecule has 2 aliphatic rings. The third kappa shape index (κ3) is 4.44. The minimum atomic E-state index is -4.80. The van der Waals surface area contributed by atoms with Crippen molar-refractivity contribution in [2.75, 3.05) is 31.2 Å². The summed E-state index contributed by atoms with van der Waals surface area (Å²) < 4.78 is 52.5. The van der Waals surface area contributed by atoms with E-state index in [1.165, 1.54) is 4.90 Å². The van der Waals surface area contributed by atoms with Crippen LogP contribution < -0.4 is 20.5 Å². The second-order valence-electron chi connectivity index (χ2n) is 8.96. The molecule has 0 spiro atoms. The molecule has 1 fully saturated rings. The summed E-state index contributed by atoms with van der Waals surface area (Å²) in [5.41, 5.74) is 0.335. The summed E-state index contributed by atoms with van der Waals surface area (Å²) >= 11 is 0. The fourth-order valence-corrected chi connectivity index (χ4v) is 4.54. The summed E-state index contributed by atoms with van der Waals surface area (Å²) in [5, 5.41) is 2.85. The van der Waals surface area contributed by atoms with Crippen molar-refractivity contribution in [3.05, 3.63) is 86.3 Å². The Bertz CT molecular complexity index is 1340. The number of ether oxygens (including phenoxy) is 2. The standard InChI is InChI=1S/C26H24F3N3O4/c1-14-3-5-16-20(11-14)36-21-12-15(2)4-6-17(21)22(16)30-24(33)18-13-19(32-7-9-35-10-8-32)23(26(27,28)29)31-25(18)34/h3-6,11-13,22H,7-10H2,1-2H3,(H,30,33)(H,31,34). The first-order valence-electron chi connectivity index (χ1n) is 11.5. The minimum absolute atomic E-state index is 0.204. The first kappa shape index (κ1) is 23.9. The monoisotopic (exact) mass is 499 g/mol. The zero-order valence-corrected chi connectivity index (χ0v) is 19.7. The first-order valence-corrected chi connectivity index (χ1v) is 11.5. The number of nitrogens with zero attached hydrogens (tertiary/aromatic N) is 1. The van der Waals surface area contributed by atoms with E-state index in [2.05, 4.69) is 5.32 Å². The van der Waals surface area contributed by atoms with Crippen LogP contribution in [0.25, 0.3) is 0 Å². The number of benzene rings is 2. The molecule has 2 N–H and O–H groups in total. The van der Waals surface area contributed by atoms with Gasteiger partial charge in [-0.15, -0.1) is 0 Å². The molecule has 36 heavy (non-hydrogen) atoms. The first-order chi connectivity index (χ1) is 17.1. The molecule has 1 aromatic heterocycles. The molecule has 2 aliphatic heterocycles. The van der Waals surface area contributed by atoms with Crippen LogP contribution in [0.4, 0.5) is 18.9 Å². The molecule has 1 saturated heterocycles. The van der Waals surface area contributed by atoms with Gasteiger partial charge in [0.05, 0.1) is 24.9 Å². The van der Waals surface area contributed by atoms with Crippen LogP contribution >= 0.6 is 0 Å². The molecular formula is C26H24F3N3O4. The van der Waals surface area contributed by atoms with Crippen molar-refractivity contribution in [1.29, 1.82) is 0 Å². The van der Waals surface area contributed by atoms with Gasteiger partial charge in [-0.05, 0) is 43.2 Å². The number of anilines is 1. The number of morpholine rings is 1. The number of halogens is 3. The van der Waals surface area contributed by atoms with Crippen molar-refractivity contribution >= 4 is 11.6 Å². The number of rotatable bonds is 3. The average molecular weight is 499 g/mol. The molecule has 0 saturated carbocycles. The lowest BCUT2D eigenvalue weighted by Gasteiger charge is -2.31. The Balaban J connectivity index is 1.56. The molecule has 10 heteroatoms. The summed E-state index contributed by atoms with van der Waals surface area (Å²) in [6.07, 6.45) is -4.80. The normalized spacial score (nSPS) is 15.6. The largest absolute Gasteiger partial charge is 0.457 e. The van der Waals surface area contributed by atoms with Gasteiger partial charge in [0.2, 0.25) is 0 Å². The van der Waals surface area contributed by atoms with Gasteiger partial charge in [-0.2, -0.15) is 13.2 Å². The lowest BCUT2D eigenvalue weighted by molar-refractivity contribution is -0.140. The van der Waals surface area contributed by atoms with Gasteiger partial charge in [-0.25, -0.2) is 0 Å². The molecule has 0 aliphatic carbocycles. The van der Waals surface area contributed by atoms with Crippen LogP contribution in [0.15, 0.2) is 47.3 Å². The number of hydrogen-bond acceptors (Lipinski definition) is 5. The molecule has 3 aromatic rings. The Kier molecular flexibility index (Phi) is 5.99. The predicted octanol–water partition coefficient (Wildman–Crippen LogP) is 4.47. The Morgan fingerprint density at radius 1 is 1.00 bits per heavy atom. The van der Waals surface area contributed by atoms with Gasteiger partial charge < -0.3 is 24.7 Å². The molecule has 2 aromatic carbocycles. The highest BCUT2D eigenvalue weighted by Crippen LogP contribution is 2.43. The number of nitrogens with one attached hydrogen (secondary N) is 2. The van der Waals surface area contributed by atoms with Crippen LogP contribution in [0.3, 0.4) is 0 Å². The summed E-state index contributed by atoms with van der Waals surface area (Å²) in [6.45, 7) is 4.72. The second-order valence-corrected chi connectivity index (χ2v) is 8.96. The summed E-state index contributed by atoms with van der Waals surface area (Å²) in [6, 6.07) is 11.5. The molecule has 188 valence electrons. The highest BCUT2D eigenvalue weighted by Gasteiger charge is 2.38. The van der Waals surface area contributed by atoms with E-state index in [0.717, 1.165) is 17.2 Å². The number of aryl methyl sites for hydroxylation is 2. The van der Waals surface area contributed by atoms with Crippen LogP contribution in [0.2, 0.25) is 0 Å². The number of carbonyl (C=O) groups is 1. The third-order valence-electron chi connectivity index (χ3n) is 6.36. The molecule has 3 heterocycles. The van der Waals surface area contributed by atoms with Crippen molar-refractivity contribution < 1.29 is 27.4 Å². The van der Waals surface area contributed by atoms with E-state index in [1.807, 2.05) is 55.2 Å². The number of H-pyrrole nitrogens is 1. The number of aromatic amines is 1. The maximum atomic E-state index is 13.7. The fourth-order valence-electron chi connectivity index (χ4n) is 4.54. The highest BCUT2D eigenvalue weighted by molar-refractivity contribution is 5.95. The van der Waals surface area contributed by atoms with Gasteiger partial charge >= 0.3 is 6.18 Å². The number of pyridine rings is 1. The second kappa shape index (κ2) is 9.02. The van der Waals surface area contributed by atoms with Crippen LogP contribution in [0.1, 0.15) is 44.3 Å². The lowest BCUT2D eigenvalue weighted by atomic mass is 9.92. The highest BCUT2D eigenvalue weighted by atomic mass is 19.4. The molecule has 5 rings (SSSR count). The minimum Gasteiger partial charge on any atom is -0.457 e. The summed E-state index contributed by atoms with van der Waals surface area (Å²) in [4.78, 5) is 29.5. The Morgan fingerprint density at radius 2 is 1.58 bits per heavy atom. The van der Waals surface area contributed by atoms with Crippen molar-refractivity contribution in [3.63, 3.8) is 0 Å². The van der Waals surface area contributed by atoms with Gasteiger partial charge in [-0.1, -0.05) is 24.3 Å². The van der Waals surface area contributed by atoms with E-state index in [4.69, 9.17) is 9.47 Å². The number of amides is 1. The zero-order valence-electron chi connectivity index (χ0n) is 19.7. The molecule has 0 bridgehead atoms. The van der Waals surface area contributed by atoms with Gasteiger partial charge in [0.25, 0.3) is 11.5 Å². The van der Waals surface area contributed by atoms with Gasteiger partial charge in [-0.3, -0.25) is 9.59 Å². The lowest BCUT2D eigenvalue weighted by Crippen LogP contribution is -2.40. The van der Waals surface area contributed by atoms with Crippen LogP contribution in [-0.2, 0) is 10.9 Å². The Morgan fingerprint density at radius 3 is 2.14 bits per heavy atom. The fraction of sp³-hybridized carbons (Fsp3) is 0.308. The van der Waals surface area contributed by atoms with Crippen LogP contribution in [0.5, 0.6) is 11.5 Å². The van der Waals surface area contributed by atoms with Crippen LogP contribution in [0, 0.1) is 13.8 Å². The number of hydrogen-bond donors (Lipinski definition) is 2. The summed E-state index contributed by atoms with van der Waals surface area (Å²) in [5.74, 6) is 0.340. The average Bonchev–Trinajstić information content (AvgIpc) is 2.83. The van der Waals surface area contributed by atoms with Crippen molar-refractivity contribution in [2.24, 2.45) is 0 Å². The predicted molar refractivity (Wildman–Crippen MR) is 127 cm³/mol. The molecule has 0 unspecified atom stereocenters. The van der Waals surface area contributed by atoms with E-state index in [0.29, 0.717) is 22.6 Å². The van der Waals surface area contributed by atoms with E-state index in [-0.39, 0.29) is 32.0 Å². The third-order valence-corrected chi connectivity index (χ3v) is 6.36. The maximum Gasteiger partial charge on any atom is 0.433 e. The quantitative estimate of drug-likeness (QED) is 0.556.